The molecular weight excluding hydrogens is 250 g/mol. The summed E-state index contributed by atoms with van der Waals surface area (Å²) in [6, 6.07) is 0.804. The maximum Gasteiger partial charge on any atom is 0.330 e. The van der Waals surface area contributed by atoms with Gasteiger partial charge in [0.25, 0.3) is 0 Å². The molecular formula is C12H19N3O4. The highest BCUT2D eigenvalue weighted by Gasteiger charge is 2.19. The Morgan fingerprint density at radius 1 is 1.53 bits per heavy atom. The molecule has 19 heavy (non-hydrogen) atoms. The van der Waals surface area contributed by atoms with Crippen LogP contribution in [0, 0.1) is 6.92 Å². The largest absolute Gasteiger partial charge is 0.478 e. The Bertz CT molecular complexity index is 425. The van der Waals surface area contributed by atoms with E-state index < -0.39 is 18.6 Å². The van der Waals surface area contributed by atoms with Gasteiger partial charge in [0.1, 0.15) is 0 Å². The maximum absolute atomic E-state index is 11.4. The van der Waals surface area contributed by atoms with Gasteiger partial charge >= 0.3 is 5.97 Å². The number of nitrogens with one attached hydrogen (secondary N) is 1. The molecule has 0 radical (unpaired) electrons. The van der Waals surface area contributed by atoms with Gasteiger partial charge in [0, 0.05) is 11.8 Å². The Balaban J connectivity index is 2.81. The van der Waals surface area contributed by atoms with Gasteiger partial charge in [-0.1, -0.05) is 6.92 Å². The van der Waals surface area contributed by atoms with E-state index in [1.807, 2.05) is 6.92 Å². The Kier molecular flexibility index (Phi) is 6.01. The molecule has 1 rings (SSSR count). The SMILES string of the molecule is CCCOc1cc(C)nc(NC(CO)C(=O)OC)n1. The van der Waals surface area contributed by atoms with Crippen molar-refractivity contribution in [1.82, 2.24) is 9.97 Å². The van der Waals surface area contributed by atoms with Crippen LogP contribution in [0.2, 0.25) is 0 Å². The van der Waals surface area contributed by atoms with Crippen LogP contribution in [0.5, 0.6) is 5.88 Å². The lowest BCUT2D eigenvalue weighted by atomic mass is 10.3. The molecule has 2 N–H and O–H groups in total. The first-order chi connectivity index (χ1) is 9.10. The fourth-order valence-electron chi connectivity index (χ4n) is 1.36. The first-order valence-electron chi connectivity index (χ1n) is 6.04. The van der Waals surface area contributed by atoms with Gasteiger partial charge < -0.3 is 19.9 Å². The molecule has 1 unspecified atom stereocenters. The van der Waals surface area contributed by atoms with Crippen molar-refractivity contribution >= 4 is 11.9 Å². The zero-order chi connectivity index (χ0) is 14.3. The number of anilines is 1. The Morgan fingerprint density at radius 2 is 2.26 bits per heavy atom. The molecule has 0 saturated heterocycles. The second kappa shape index (κ2) is 7.52. The molecule has 1 aromatic heterocycles. The molecule has 7 heteroatoms. The van der Waals surface area contributed by atoms with Gasteiger partial charge in [-0.25, -0.2) is 9.78 Å². The highest BCUT2D eigenvalue weighted by Crippen LogP contribution is 2.13. The summed E-state index contributed by atoms with van der Waals surface area (Å²) in [6.07, 6.45) is 0.868. The number of hydrogen-bond acceptors (Lipinski definition) is 7. The Labute approximate surface area is 112 Å². The lowest BCUT2D eigenvalue weighted by Gasteiger charge is -2.14. The number of ether oxygens (including phenoxy) is 2. The number of aliphatic hydroxyl groups excluding tert-OH is 1. The Hall–Kier alpha value is -1.89. The van der Waals surface area contributed by atoms with E-state index in [1.54, 1.807) is 13.0 Å². The zero-order valence-electron chi connectivity index (χ0n) is 11.3. The molecule has 1 heterocycles. The van der Waals surface area contributed by atoms with Gasteiger partial charge in [-0.3, -0.25) is 0 Å². The van der Waals surface area contributed by atoms with Crippen LogP contribution < -0.4 is 10.1 Å². The summed E-state index contributed by atoms with van der Waals surface area (Å²) in [7, 11) is 1.25. The summed E-state index contributed by atoms with van der Waals surface area (Å²) < 4.78 is 9.96. The highest BCUT2D eigenvalue weighted by atomic mass is 16.5. The van der Waals surface area contributed by atoms with E-state index in [2.05, 4.69) is 20.0 Å². The minimum atomic E-state index is -0.897. The van der Waals surface area contributed by atoms with E-state index in [-0.39, 0.29) is 5.95 Å². The molecule has 0 spiro atoms. The van der Waals surface area contributed by atoms with E-state index in [0.29, 0.717) is 18.2 Å². The van der Waals surface area contributed by atoms with Gasteiger partial charge in [0.15, 0.2) is 6.04 Å². The first-order valence-corrected chi connectivity index (χ1v) is 6.04. The van der Waals surface area contributed by atoms with Gasteiger partial charge in [-0.15, -0.1) is 0 Å². The van der Waals surface area contributed by atoms with E-state index in [0.717, 1.165) is 6.42 Å². The average Bonchev–Trinajstić information content (AvgIpc) is 2.41. The van der Waals surface area contributed by atoms with Crippen LogP contribution in [0.1, 0.15) is 19.0 Å². The molecule has 106 valence electrons. The van der Waals surface area contributed by atoms with Gasteiger partial charge in [0.2, 0.25) is 11.8 Å². The standard InChI is InChI=1S/C12H19N3O4/c1-4-5-19-10-6-8(2)13-12(15-10)14-9(7-16)11(17)18-3/h6,9,16H,4-5,7H2,1-3H3,(H,13,14,15). The third kappa shape index (κ3) is 4.70. The molecule has 0 aliphatic carbocycles. The van der Waals surface area contributed by atoms with Gasteiger partial charge in [-0.2, -0.15) is 4.98 Å². The van der Waals surface area contributed by atoms with Gasteiger partial charge in [0.05, 0.1) is 20.3 Å². The molecule has 1 atom stereocenters. The monoisotopic (exact) mass is 269 g/mol. The van der Waals surface area contributed by atoms with Crippen molar-refractivity contribution < 1.29 is 19.4 Å². The van der Waals surface area contributed by atoms with Crippen molar-refractivity contribution in [3.05, 3.63) is 11.8 Å². The van der Waals surface area contributed by atoms with E-state index >= 15 is 0 Å². The number of aryl methyl sites for hydroxylation is 1. The summed E-state index contributed by atoms with van der Waals surface area (Å²) in [5.41, 5.74) is 0.699. The minimum absolute atomic E-state index is 0.218. The molecule has 0 saturated carbocycles. The second-order valence-corrected chi connectivity index (χ2v) is 3.92. The van der Waals surface area contributed by atoms with Gasteiger partial charge in [-0.05, 0) is 13.3 Å². The van der Waals surface area contributed by atoms with Crippen LogP contribution >= 0.6 is 0 Å². The van der Waals surface area contributed by atoms with E-state index in [1.165, 1.54) is 7.11 Å². The van der Waals surface area contributed by atoms with Crippen LogP contribution in [0.15, 0.2) is 6.07 Å². The van der Waals surface area contributed by atoms with Crippen LogP contribution in [0.4, 0.5) is 5.95 Å². The summed E-state index contributed by atoms with van der Waals surface area (Å²) in [6.45, 7) is 3.93. The quantitative estimate of drug-likeness (QED) is 0.697. The topological polar surface area (TPSA) is 93.6 Å². The summed E-state index contributed by atoms with van der Waals surface area (Å²) in [4.78, 5) is 19.6. The number of nitrogens with zero attached hydrogens (tertiary/aromatic N) is 2. The molecule has 0 aliphatic rings. The number of carbonyl (C=O) groups excluding carboxylic acids is 1. The maximum atomic E-state index is 11.4. The van der Waals surface area contributed by atoms with Crippen molar-refractivity contribution in [3.63, 3.8) is 0 Å². The van der Waals surface area contributed by atoms with Crippen LogP contribution in [-0.4, -0.2) is 47.4 Å². The van der Waals surface area contributed by atoms with Crippen LogP contribution in [-0.2, 0) is 9.53 Å². The Morgan fingerprint density at radius 3 is 2.84 bits per heavy atom. The van der Waals surface area contributed by atoms with Crippen LogP contribution in [0.3, 0.4) is 0 Å². The highest BCUT2D eigenvalue weighted by molar-refractivity contribution is 5.78. The van der Waals surface area contributed by atoms with Crippen molar-refractivity contribution in [2.24, 2.45) is 0 Å². The molecule has 0 amide bonds. The second-order valence-electron chi connectivity index (χ2n) is 3.92. The summed E-state index contributed by atoms with van der Waals surface area (Å²) in [5.74, 6) is 0.0672. The predicted octanol–water partition coefficient (Wildman–Crippen LogP) is 0.520. The smallest absolute Gasteiger partial charge is 0.330 e. The summed E-state index contributed by atoms with van der Waals surface area (Å²) in [5, 5.41) is 11.8. The number of hydrogen-bond donors (Lipinski definition) is 2. The van der Waals surface area contributed by atoms with Crippen molar-refractivity contribution in [3.8, 4) is 5.88 Å². The number of rotatable bonds is 7. The number of methoxy groups -OCH3 is 1. The van der Waals surface area contributed by atoms with Crippen LogP contribution in [0.25, 0.3) is 0 Å². The van der Waals surface area contributed by atoms with Crippen molar-refractivity contribution in [2.45, 2.75) is 26.3 Å². The predicted molar refractivity (Wildman–Crippen MR) is 69.1 cm³/mol. The third-order valence-electron chi connectivity index (χ3n) is 2.26. The third-order valence-corrected chi connectivity index (χ3v) is 2.26. The number of esters is 1. The fourth-order valence-corrected chi connectivity index (χ4v) is 1.36. The lowest BCUT2D eigenvalue weighted by Crippen LogP contribution is -2.34. The average molecular weight is 269 g/mol. The fraction of sp³-hybridized carbons (Fsp3) is 0.583. The first kappa shape index (κ1) is 15.2. The van der Waals surface area contributed by atoms with E-state index in [4.69, 9.17) is 9.84 Å². The number of aromatic nitrogens is 2. The molecule has 0 fully saturated rings. The molecule has 7 nitrogen and oxygen atoms in total. The van der Waals surface area contributed by atoms with Crippen molar-refractivity contribution in [1.29, 1.82) is 0 Å². The molecule has 0 bridgehead atoms. The number of aliphatic hydroxyl groups is 1. The normalized spacial score (nSPS) is 11.8. The zero-order valence-corrected chi connectivity index (χ0v) is 11.3. The molecule has 0 aliphatic heterocycles. The number of carbonyl (C=O) groups is 1. The molecule has 0 aromatic carbocycles. The minimum Gasteiger partial charge on any atom is -0.478 e. The lowest BCUT2D eigenvalue weighted by molar-refractivity contribution is -0.142. The van der Waals surface area contributed by atoms with Crippen molar-refractivity contribution in [2.75, 3.05) is 25.6 Å². The van der Waals surface area contributed by atoms with E-state index in [9.17, 15) is 4.79 Å². The molecule has 1 aromatic rings. The summed E-state index contributed by atoms with van der Waals surface area (Å²) >= 11 is 0.